The van der Waals surface area contributed by atoms with Gasteiger partial charge < -0.3 is 15.5 Å². The number of rotatable bonds is 4. The molecule has 3 heterocycles. The summed E-state index contributed by atoms with van der Waals surface area (Å²) in [7, 11) is 0. The predicted molar refractivity (Wildman–Crippen MR) is 133 cm³/mol. The highest BCUT2D eigenvalue weighted by molar-refractivity contribution is 6.05. The van der Waals surface area contributed by atoms with Gasteiger partial charge in [-0.1, -0.05) is 36.4 Å². The number of carbonyl (C=O) groups excluding carboxylic acids is 3. The van der Waals surface area contributed by atoms with Crippen LogP contribution in [0.2, 0.25) is 0 Å². The molecule has 0 unspecified atom stereocenters. The third kappa shape index (κ3) is 3.72. The van der Waals surface area contributed by atoms with E-state index in [0.717, 1.165) is 27.9 Å². The molecule has 0 spiro atoms. The van der Waals surface area contributed by atoms with Crippen molar-refractivity contribution < 1.29 is 18.8 Å². The van der Waals surface area contributed by atoms with Crippen LogP contribution in [0, 0.1) is 0 Å². The van der Waals surface area contributed by atoms with Crippen molar-refractivity contribution in [2.75, 3.05) is 11.9 Å². The largest absolute Gasteiger partial charge is 0.350 e. The highest BCUT2D eigenvalue weighted by Crippen LogP contribution is 2.62. The van der Waals surface area contributed by atoms with E-state index in [1.807, 2.05) is 42.5 Å². The van der Waals surface area contributed by atoms with Crippen LogP contribution in [-0.2, 0) is 30.7 Å². The molecule has 1 aromatic heterocycles. The Morgan fingerprint density at radius 3 is 2.65 bits per heavy atom. The Morgan fingerprint density at radius 2 is 1.84 bits per heavy atom. The Hall–Kier alpha value is -4.01. The van der Waals surface area contributed by atoms with E-state index in [1.54, 1.807) is 15.6 Å². The maximum absolute atomic E-state index is 13.8. The van der Waals surface area contributed by atoms with Crippen molar-refractivity contribution in [3.8, 4) is 0 Å². The molecule has 3 amide bonds. The number of benzene rings is 2. The van der Waals surface area contributed by atoms with Gasteiger partial charge in [-0.2, -0.15) is 5.10 Å². The molecular weight excluding hydrogens is 473 g/mol. The second-order valence-corrected chi connectivity index (χ2v) is 11.0. The molecule has 5 aliphatic rings. The summed E-state index contributed by atoms with van der Waals surface area (Å²) in [6.07, 6.45) is 2.22. The maximum Gasteiger partial charge on any atom is 0.274 e. The van der Waals surface area contributed by atoms with Gasteiger partial charge in [-0.05, 0) is 34.7 Å². The maximum atomic E-state index is 13.8. The van der Waals surface area contributed by atoms with Gasteiger partial charge in [0.2, 0.25) is 5.91 Å². The first kappa shape index (κ1) is 22.2. The average Bonchev–Trinajstić information content (AvgIpc) is 3.21. The van der Waals surface area contributed by atoms with Crippen LogP contribution in [0.25, 0.3) is 0 Å². The molecule has 3 fully saturated rings. The minimum atomic E-state index is -1.04. The summed E-state index contributed by atoms with van der Waals surface area (Å²) >= 11 is 0. The molecule has 9 heteroatoms. The number of halogens is 1. The number of hydrogen-bond donors (Lipinski definition) is 2. The summed E-state index contributed by atoms with van der Waals surface area (Å²) < 4.78 is 15.3. The molecule has 0 saturated heterocycles. The molecule has 0 atom stereocenters. The van der Waals surface area contributed by atoms with E-state index in [2.05, 4.69) is 15.7 Å². The zero-order valence-corrected chi connectivity index (χ0v) is 20.2. The van der Waals surface area contributed by atoms with Crippen LogP contribution < -0.4 is 10.6 Å². The summed E-state index contributed by atoms with van der Waals surface area (Å²) in [5, 5.41) is 10.4. The molecule has 188 valence electrons. The molecule has 0 radical (unpaired) electrons. The number of hydrogen-bond acceptors (Lipinski definition) is 4. The summed E-state index contributed by atoms with van der Waals surface area (Å²) in [6.45, 7) is 1.37. The van der Waals surface area contributed by atoms with Gasteiger partial charge in [0.25, 0.3) is 11.8 Å². The van der Waals surface area contributed by atoms with Crippen LogP contribution in [0.4, 0.5) is 10.1 Å². The molecule has 3 saturated carbocycles. The summed E-state index contributed by atoms with van der Waals surface area (Å²) in [6, 6.07) is 15.1. The molecule has 2 N–H and O–H groups in total. The van der Waals surface area contributed by atoms with Gasteiger partial charge in [0.05, 0.1) is 13.0 Å². The molecule has 8 nitrogen and oxygen atoms in total. The fourth-order valence-electron chi connectivity index (χ4n) is 6.33. The number of para-hydroxylation sites is 1. The first-order chi connectivity index (χ1) is 17.8. The van der Waals surface area contributed by atoms with Crippen LogP contribution in [0.15, 0.2) is 48.5 Å². The Balaban J connectivity index is 1.05. The third-order valence-electron chi connectivity index (χ3n) is 8.12. The fourth-order valence-corrected chi connectivity index (χ4v) is 6.33. The van der Waals surface area contributed by atoms with Crippen molar-refractivity contribution in [3.05, 3.63) is 82.2 Å². The van der Waals surface area contributed by atoms with Crippen molar-refractivity contribution in [3.63, 3.8) is 0 Å². The lowest BCUT2D eigenvalue weighted by molar-refractivity contribution is -0.174. The smallest absolute Gasteiger partial charge is 0.274 e. The Morgan fingerprint density at radius 1 is 1.03 bits per heavy atom. The van der Waals surface area contributed by atoms with Gasteiger partial charge >= 0.3 is 0 Å². The van der Waals surface area contributed by atoms with E-state index < -0.39 is 5.67 Å². The zero-order valence-electron chi connectivity index (χ0n) is 20.2. The lowest BCUT2D eigenvalue weighted by Crippen LogP contribution is -2.76. The average molecular weight is 500 g/mol. The quantitative estimate of drug-likeness (QED) is 0.577. The lowest BCUT2D eigenvalue weighted by atomic mass is 9.47. The number of fused-ring (bicyclic) bond motifs is 3. The second-order valence-electron chi connectivity index (χ2n) is 11.0. The molecule has 2 aliphatic heterocycles. The number of amides is 3. The lowest BCUT2D eigenvalue weighted by Gasteiger charge is -2.65. The number of anilines is 1. The van der Waals surface area contributed by atoms with E-state index in [0.29, 0.717) is 51.0 Å². The molecule has 37 heavy (non-hydrogen) atoms. The van der Waals surface area contributed by atoms with E-state index >= 15 is 0 Å². The van der Waals surface area contributed by atoms with Crippen LogP contribution >= 0.6 is 0 Å². The summed E-state index contributed by atoms with van der Waals surface area (Å²) in [5.74, 6) is -0.604. The molecule has 3 aromatic rings. The standard InChI is InChI=1S/C28H26FN5O3/c29-27-14-28(15-27,16-27)31-24(35)10-17-5-6-18-7-8-33(12-20(18)9-17)26(37)22-11-23-25(36)30-21-4-2-1-3-19(21)13-34(23)32-22/h1-6,9,11H,7-8,10,12-16H2,(H,30,36)(H,31,35). The Labute approximate surface area is 212 Å². The molecular formula is C28H26FN5O3. The van der Waals surface area contributed by atoms with E-state index in [1.165, 1.54) is 0 Å². The monoisotopic (exact) mass is 499 g/mol. The second kappa shape index (κ2) is 7.74. The minimum Gasteiger partial charge on any atom is -0.350 e. The van der Waals surface area contributed by atoms with Crippen LogP contribution in [0.5, 0.6) is 0 Å². The van der Waals surface area contributed by atoms with Crippen LogP contribution in [0.1, 0.15) is 62.5 Å². The van der Waals surface area contributed by atoms with E-state index in [4.69, 9.17) is 0 Å². The highest BCUT2D eigenvalue weighted by atomic mass is 19.1. The Bertz CT molecular complexity index is 1470. The van der Waals surface area contributed by atoms with Crippen molar-refractivity contribution in [1.82, 2.24) is 20.0 Å². The fraction of sp³-hybridized carbons (Fsp3) is 0.357. The third-order valence-corrected chi connectivity index (χ3v) is 8.12. The zero-order chi connectivity index (χ0) is 25.4. The van der Waals surface area contributed by atoms with Crippen molar-refractivity contribution in [2.24, 2.45) is 0 Å². The number of carbonyl (C=O) groups is 3. The van der Waals surface area contributed by atoms with Crippen molar-refractivity contribution in [1.29, 1.82) is 0 Å². The van der Waals surface area contributed by atoms with Gasteiger partial charge in [-0.3, -0.25) is 19.1 Å². The molecule has 2 aromatic carbocycles. The van der Waals surface area contributed by atoms with E-state index in [-0.39, 0.29) is 35.4 Å². The van der Waals surface area contributed by atoms with Crippen molar-refractivity contribution >= 4 is 23.4 Å². The van der Waals surface area contributed by atoms with Crippen molar-refractivity contribution in [2.45, 2.75) is 56.4 Å². The van der Waals surface area contributed by atoms with Crippen LogP contribution in [0.3, 0.4) is 0 Å². The van der Waals surface area contributed by atoms with Gasteiger partial charge in [0.15, 0.2) is 5.69 Å². The number of nitrogens with zero attached hydrogens (tertiary/aromatic N) is 3. The number of aromatic nitrogens is 2. The first-order valence-corrected chi connectivity index (χ1v) is 12.7. The minimum absolute atomic E-state index is 0.0928. The summed E-state index contributed by atoms with van der Waals surface area (Å²) in [5.41, 5.74) is 3.93. The van der Waals surface area contributed by atoms with Gasteiger partial charge in [0.1, 0.15) is 11.4 Å². The summed E-state index contributed by atoms with van der Waals surface area (Å²) in [4.78, 5) is 40.4. The van der Waals surface area contributed by atoms with Gasteiger partial charge in [0, 0.05) is 49.6 Å². The Kier molecular flexibility index (Phi) is 4.65. The predicted octanol–water partition coefficient (Wildman–Crippen LogP) is 3.00. The normalized spacial score (nSPS) is 24.9. The van der Waals surface area contributed by atoms with Gasteiger partial charge in [-0.25, -0.2) is 4.39 Å². The highest BCUT2D eigenvalue weighted by Gasteiger charge is 2.69. The number of nitrogens with one attached hydrogen (secondary N) is 2. The topological polar surface area (TPSA) is 96.3 Å². The molecule has 3 aliphatic carbocycles. The molecule has 2 bridgehead atoms. The number of alkyl halides is 1. The first-order valence-electron chi connectivity index (χ1n) is 12.7. The van der Waals surface area contributed by atoms with Crippen LogP contribution in [-0.4, -0.2) is 50.2 Å². The molecule has 8 rings (SSSR count). The van der Waals surface area contributed by atoms with E-state index in [9.17, 15) is 18.8 Å². The SMILES string of the molecule is O=C(Cc1ccc2c(c1)CN(C(=O)c1cc3n(n1)Cc1ccccc1NC3=O)CC2)NC12CC(F)(C1)C2. The van der Waals surface area contributed by atoms with Gasteiger partial charge in [-0.15, -0.1) is 0 Å².